The highest BCUT2D eigenvalue weighted by molar-refractivity contribution is 7.89. The Morgan fingerprint density at radius 2 is 1.88 bits per heavy atom. The standard InChI is InChI=1S/C24H32N2O6S/c1-4-26(5-2)33(28,29)21-12-13-23(30-3)22(15-21)24(27)25-16-18-8-10-19(11-9-18)32-17-20-7-6-14-31-20/h8-13,15,20H,4-7,14,16-17H2,1-3H3,(H,25,27). The third-order valence-electron chi connectivity index (χ3n) is 5.60. The largest absolute Gasteiger partial charge is 0.496 e. The number of amides is 1. The van der Waals surface area contributed by atoms with E-state index < -0.39 is 15.9 Å². The Kier molecular flexibility index (Phi) is 8.71. The molecule has 2 aromatic carbocycles. The average molecular weight is 477 g/mol. The SMILES string of the molecule is CCN(CC)S(=O)(=O)c1ccc(OC)c(C(=O)NCc2ccc(OCC3CCCO3)cc2)c1. The van der Waals surface area contributed by atoms with E-state index in [2.05, 4.69) is 5.32 Å². The molecule has 1 fully saturated rings. The predicted octanol–water partition coefficient (Wildman–Crippen LogP) is 3.21. The molecule has 1 unspecified atom stereocenters. The van der Waals surface area contributed by atoms with Crippen molar-refractivity contribution in [2.24, 2.45) is 0 Å². The Balaban J connectivity index is 1.65. The molecule has 1 heterocycles. The van der Waals surface area contributed by atoms with Gasteiger partial charge in [0.1, 0.15) is 18.1 Å². The molecule has 8 nitrogen and oxygen atoms in total. The molecular formula is C24H32N2O6S. The van der Waals surface area contributed by atoms with E-state index in [-0.39, 0.29) is 23.1 Å². The van der Waals surface area contributed by atoms with Crippen molar-refractivity contribution in [2.75, 3.05) is 33.4 Å². The van der Waals surface area contributed by atoms with Crippen LogP contribution in [-0.4, -0.2) is 58.1 Å². The Hall–Kier alpha value is -2.62. The summed E-state index contributed by atoms with van der Waals surface area (Å²) in [7, 11) is -2.25. The monoisotopic (exact) mass is 476 g/mol. The van der Waals surface area contributed by atoms with Crippen LogP contribution in [0.25, 0.3) is 0 Å². The van der Waals surface area contributed by atoms with Crippen molar-refractivity contribution in [3.05, 3.63) is 53.6 Å². The normalized spacial score (nSPS) is 16.1. The Morgan fingerprint density at radius 3 is 2.48 bits per heavy atom. The van der Waals surface area contributed by atoms with Crippen LogP contribution in [0.15, 0.2) is 47.4 Å². The number of rotatable bonds is 11. The summed E-state index contributed by atoms with van der Waals surface area (Å²) in [6.07, 6.45) is 2.24. The molecule has 0 aliphatic carbocycles. The molecule has 0 radical (unpaired) electrons. The van der Waals surface area contributed by atoms with Crippen molar-refractivity contribution in [3.63, 3.8) is 0 Å². The summed E-state index contributed by atoms with van der Waals surface area (Å²) in [6, 6.07) is 11.8. The van der Waals surface area contributed by atoms with E-state index >= 15 is 0 Å². The summed E-state index contributed by atoms with van der Waals surface area (Å²) in [5, 5.41) is 2.83. The van der Waals surface area contributed by atoms with Crippen molar-refractivity contribution >= 4 is 15.9 Å². The second-order valence-corrected chi connectivity index (χ2v) is 9.66. The summed E-state index contributed by atoms with van der Waals surface area (Å²) in [5.74, 6) is 0.641. The molecule has 1 saturated heterocycles. The molecule has 1 N–H and O–H groups in total. The van der Waals surface area contributed by atoms with Crippen LogP contribution in [-0.2, 0) is 21.3 Å². The minimum absolute atomic E-state index is 0.0601. The highest BCUT2D eigenvalue weighted by Crippen LogP contribution is 2.25. The third-order valence-corrected chi connectivity index (χ3v) is 7.64. The van der Waals surface area contributed by atoms with Gasteiger partial charge in [-0.2, -0.15) is 4.31 Å². The number of carbonyl (C=O) groups is 1. The maximum Gasteiger partial charge on any atom is 0.255 e. The Bertz CT molecular complexity index is 1030. The van der Waals surface area contributed by atoms with Gasteiger partial charge in [0.05, 0.1) is 23.7 Å². The third kappa shape index (κ3) is 6.25. The first-order valence-electron chi connectivity index (χ1n) is 11.2. The van der Waals surface area contributed by atoms with E-state index in [0.29, 0.717) is 25.4 Å². The number of ether oxygens (including phenoxy) is 3. The molecule has 0 saturated carbocycles. The van der Waals surface area contributed by atoms with Gasteiger partial charge in [0.25, 0.3) is 5.91 Å². The smallest absolute Gasteiger partial charge is 0.255 e. The zero-order valence-corrected chi connectivity index (χ0v) is 20.2. The van der Waals surface area contributed by atoms with E-state index in [1.807, 2.05) is 24.3 Å². The average Bonchev–Trinajstić information content (AvgIpc) is 3.35. The van der Waals surface area contributed by atoms with Crippen molar-refractivity contribution in [1.82, 2.24) is 9.62 Å². The number of carbonyl (C=O) groups excluding carboxylic acids is 1. The number of benzene rings is 2. The molecule has 0 bridgehead atoms. The summed E-state index contributed by atoms with van der Waals surface area (Å²) in [6.45, 7) is 5.85. The summed E-state index contributed by atoms with van der Waals surface area (Å²) < 4.78 is 43.7. The minimum Gasteiger partial charge on any atom is -0.496 e. The summed E-state index contributed by atoms with van der Waals surface area (Å²) >= 11 is 0. The van der Waals surface area contributed by atoms with Gasteiger partial charge < -0.3 is 19.5 Å². The quantitative estimate of drug-likeness (QED) is 0.535. The maximum absolute atomic E-state index is 12.9. The van der Waals surface area contributed by atoms with Crippen LogP contribution in [0.2, 0.25) is 0 Å². The van der Waals surface area contributed by atoms with Gasteiger partial charge in [0.15, 0.2) is 0 Å². The van der Waals surface area contributed by atoms with Crippen molar-refractivity contribution < 1.29 is 27.4 Å². The fraction of sp³-hybridized carbons (Fsp3) is 0.458. The highest BCUT2D eigenvalue weighted by atomic mass is 32.2. The first-order valence-corrected chi connectivity index (χ1v) is 12.6. The van der Waals surface area contributed by atoms with Gasteiger partial charge in [0.2, 0.25) is 10.0 Å². The van der Waals surface area contributed by atoms with E-state index in [4.69, 9.17) is 14.2 Å². The lowest BCUT2D eigenvalue weighted by Gasteiger charge is -2.19. The van der Waals surface area contributed by atoms with E-state index in [1.165, 1.54) is 29.6 Å². The Morgan fingerprint density at radius 1 is 1.15 bits per heavy atom. The van der Waals surface area contributed by atoms with E-state index in [1.54, 1.807) is 13.8 Å². The maximum atomic E-state index is 12.9. The minimum atomic E-state index is -3.69. The molecule has 3 rings (SSSR count). The van der Waals surface area contributed by atoms with Crippen LogP contribution in [0.3, 0.4) is 0 Å². The summed E-state index contributed by atoms with van der Waals surface area (Å²) in [4.78, 5) is 12.9. The number of methoxy groups -OCH3 is 1. The molecule has 1 aliphatic rings. The van der Waals surface area contributed by atoms with Gasteiger partial charge in [-0.25, -0.2) is 8.42 Å². The molecular weight excluding hydrogens is 444 g/mol. The van der Waals surface area contributed by atoms with Crippen LogP contribution < -0.4 is 14.8 Å². The molecule has 0 aromatic heterocycles. The van der Waals surface area contributed by atoms with Gasteiger partial charge in [-0.05, 0) is 48.7 Å². The fourth-order valence-corrected chi connectivity index (χ4v) is 5.17. The molecule has 1 aliphatic heterocycles. The topological polar surface area (TPSA) is 94.2 Å². The number of sulfonamides is 1. The Labute approximate surface area is 195 Å². The first-order chi connectivity index (χ1) is 15.9. The zero-order chi connectivity index (χ0) is 23.8. The van der Waals surface area contributed by atoms with Gasteiger partial charge in [-0.1, -0.05) is 26.0 Å². The molecule has 180 valence electrons. The van der Waals surface area contributed by atoms with E-state index in [0.717, 1.165) is 30.8 Å². The predicted molar refractivity (Wildman–Crippen MR) is 125 cm³/mol. The lowest BCUT2D eigenvalue weighted by Crippen LogP contribution is -2.31. The van der Waals surface area contributed by atoms with Crippen LogP contribution in [0, 0.1) is 0 Å². The van der Waals surface area contributed by atoms with Gasteiger partial charge >= 0.3 is 0 Å². The number of nitrogens with zero attached hydrogens (tertiary/aromatic N) is 1. The highest BCUT2D eigenvalue weighted by Gasteiger charge is 2.24. The van der Waals surface area contributed by atoms with Crippen molar-refractivity contribution in [1.29, 1.82) is 0 Å². The first kappa shape index (κ1) is 25.0. The lowest BCUT2D eigenvalue weighted by atomic mass is 10.1. The molecule has 2 aromatic rings. The number of nitrogens with one attached hydrogen (secondary N) is 1. The molecule has 1 amide bonds. The fourth-order valence-electron chi connectivity index (χ4n) is 3.68. The van der Waals surface area contributed by atoms with Crippen LogP contribution in [0.4, 0.5) is 0 Å². The van der Waals surface area contributed by atoms with Gasteiger partial charge in [-0.15, -0.1) is 0 Å². The van der Waals surface area contributed by atoms with Gasteiger partial charge in [-0.3, -0.25) is 4.79 Å². The second kappa shape index (κ2) is 11.5. The van der Waals surface area contributed by atoms with Crippen LogP contribution >= 0.6 is 0 Å². The summed E-state index contributed by atoms with van der Waals surface area (Å²) in [5.41, 5.74) is 1.06. The van der Waals surface area contributed by atoms with E-state index in [9.17, 15) is 13.2 Å². The molecule has 1 atom stereocenters. The van der Waals surface area contributed by atoms with Crippen LogP contribution in [0.5, 0.6) is 11.5 Å². The van der Waals surface area contributed by atoms with Gasteiger partial charge in [0, 0.05) is 26.2 Å². The number of hydrogen-bond donors (Lipinski definition) is 1. The van der Waals surface area contributed by atoms with Crippen molar-refractivity contribution in [2.45, 2.75) is 44.2 Å². The second-order valence-electron chi connectivity index (χ2n) is 7.72. The van der Waals surface area contributed by atoms with Crippen LogP contribution in [0.1, 0.15) is 42.6 Å². The van der Waals surface area contributed by atoms with Crippen molar-refractivity contribution in [3.8, 4) is 11.5 Å². The number of hydrogen-bond acceptors (Lipinski definition) is 6. The zero-order valence-electron chi connectivity index (χ0n) is 19.4. The lowest BCUT2D eigenvalue weighted by molar-refractivity contribution is 0.0679. The molecule has 33 heavy (non-hydrogen) atoms. The molecule has 9 heteroatoms. The molecule has 0 spiro atoms.